The van der Waals surface area contributed by atoms with Crippen molar-refractivity contribution in [2.75, 3.05) is 53.2 Å². The van der Waals surface area contributed by atoms with E-state index in [1.165, 1.54) is 19.4 Å². The fraction of sp³-hybridized carbons (Fsp3) is 1.00. The number of ether oxygens (including phenoxy) is 3. The van der Waals surface area contributed by atoms with Crippen LogP contribution in [0.5, 0.6) is 0 Å². The second kappa shape index (κ2) is 3.95. The molecule has 3 fully saturated rings. The Morgan fingerprint density at radius 3 is 2.69 bits per heavy atom. The van der Waals surface area contributed by atoms with E-state index in [9.17, 15) is 0 Å². The molecule has 16 heavy (non-hydrogen) atoms. The average molecular weight is 227 g/mol. The summed E-state index contributed by atoms with van der Waals surface area (Å²) in [6, 6.07) is 0. The Bertz CT molecular complexity index is 261. The highest BCUT2D eigenvalue weighted by Crippen LogP contribution is 2.46. The highest BCUT2D eigenvalue weighted by Gasteiger charge is 2.48. The first kappa shape index (κ1) is 11.0. The van der Waals surface area contributed by atoms with Crippen molar-refractivity contribution in [1.29, 1.82) is 0 Å². The van der Waals surface area contributed by atoms with Gasteiger partial charge in [-0.3, -0.25) is 4.90 Å². The summed E-state index contributed by atoms with van der Waals surface area (Å²) in [7, 11) is 1.81. The second-order valence-corrected chi connectivity index (χ2v) is 5.67. The summed E-state index contributed by atoms with van der Waals surface area (Å²) in [5.41, 5.74) is 0.485. The summed E-state index contributed by atoms with van der Waals surface area (Å²) in [5.74, 6) is 0. The van der Waals surface area contributed by atoms with Crippen LogP contribution < -0.4 is 0 Å². The van der Waals surface area contributed by atoms with Crippen molar-refractivity contribution in [2.45, 2.75) is 18.4 Å². The Hall–Kier alpha value is -0.160. The summed E-state index contributed by atoms with van der Waals surface area (Å²) in [6.07, 6.45) is 2.64. The molecule has 0 N–H and O–H groups in total. The third kappa shape index (κ3) is 1.99. The van der Waals surface area contributed by atoms with Gasteiger partial charge in [-0.05, 0) is 12.8 Å². The largest absolute Gasteiger partial charge is 0.384 e. The Morgan fingerprint density at radius 2 is 2.12 bits per heavy atom. The summed E-state index contributed by atoms with van der Waals surface area (Å²) in [5, 5.41) is 0. The van der Waals surface area contributed by atoms with Crippen molar-refractivity contribution in [3.8, 4) is 0 Å². The van der Waals surface area contributed by atoms with Crippen LogP contribution in [0.3, 0.4) is 0 Å². The van der Waals surface area contributed by atoms with Gasteiger partial charge in [-0.2, -0.15) is 0 Å². The number of hydrogen-bond acceptors (Lipinski definition) is 4. The first-order valence-electron chi connectivity index (χ1n) is 6.19. The Balaban J connectivity index is 1.55. The van der Waals surface area contributed by atoms with Crippen molar-refractivity contribution >= 4 is 0 Å². The van der Waals surface area contributed by atoms with Gasteiger partial charge in [0.25, 0.3) is 0 Å². The highest BCUT2D eigenvalue weighted by atomic mass is 16.6. The van der Waals surface area contributed by atoms with Crippen molar-refractivity contribution < 1.29 is 14.2 Å². The van der Waals surface area contributed by atoms with E-state index >= 15 is 0 Å². The molecule has 4 nitrogen and oxygen atoms in total. The van der Waals surface area contributed by atoms with Crippen LogP contribution in [-0.4, -0.2) is 63.7 Å². The average Bonchev–Trinajstić information content (AvgIpc) is 2.96. The molecule has 3 rings (SSSR count). The molecule has 0 amide bonds. The van der Waals surface area contributed by atoms with Crippen LogP contribution in [0.1, 0.15) is 12.8 Å². The van der Waals surface area contributed by atoms with Gasteiger partial charge in [-0.25, -0.2) is 0 Å². The van der Waals surface area contributed by atoms with Crippen molar-refractivity contribution in [1.82, 2.24) is 4.90 Å². The van der Waals surface area contributed by atoms with Crippen molar-refractivity contribution in [3.63, 3.8) is 0 Å². The number of morpholine rings is 1. The minimum Gasteiger partial charge on any atom is -0.384 e. The van der Waals surface area contributed by atoms with Crippen LogP contribution in [0.25, 0.3) is 0 Å². The van der Waals surface area contributed by atoms with Gasteiger partial charge < -0.3 is 14.2 Å². The van der Waals surface area contributed by atoms with E-state index in [0.29, 0.717) is 5.41 Å². The lowest BCUT2D eigenvalue weighted by molar-refractivity contribution is -0.238. The van der Waals surface area contributed by atoms with Crippen molar-refractivity contribution in [2.24, 2.45) is 5.41 Å². The molecule has 2 aliphatic heterocycles. The fourth-order valence-corrected chi connectivity index (χ4v) is 2.87. The molecular formula is C12H21NO3. The SMILES string of the molecule is COCC1(CN2CCOC3(COC3)C2)CC1. The second-order valence-electron chi connectivity index (χ2n) is 5.67. The van der Waals surface area contributed by atoms with Gasteiger partial charge in [0.2, 0.25) is 0 Å². The quantitative estimate of drug-likeness (QED) is 0.700. The molecule has 1 aliphatic carbocycles. The molecular weight excluding hydrogens is 206 g/mol. The van der Waals surface area contributed by atoms with Gasteiger partial charge >= 0.3 is 0 Å². The van der Waals surface area contributed by atoms with Gasteiger partial charge in [0.05, 0.1) is 26.4 Å². The lowest BCUT2D eigenvalue weighted by Gasteiger charge is -2.48. The monoisotopic (exact) mass is 227 g/mol. The van der Waals surface area contributed by atoms with Gasteiger partial charge in [0.15, 0.2) is 0 Å². The third-order valence-electron chi connectivity index (χ3n) is 4.02. The van der Waals surface area contributed by atoms with Gasteiger partial charge in [-0.15, -0.1) is 0 Å². The summed E-state index contributed by atoms with van der Waals surface area (Å²) < 4.78 is 16.4. The molecule has 0 aromatic rings. The zero-order valence-electron chi connectivity index (χ0n) is 10.0. The number of rotatable bonds is 4. The summed E-state index contributed by atoms with van der Waals surface area (Å²) >= 11 is 0. The van der Waals surface area contributed by atoms with E-state index in [0.717, 1.165) is 39.5 Å². The molecule has 2 heterocycles. The van der Waals surface area contributed by atoms with Crippen molar-refractivity contribution in [3.05, 3.63) is 0 Å². The Kier molecular flexibility index (Phi) is 2.70. The van der Waals surface area contributed by atoms with E-state index in [1.807, 2.05) is 0 Å². The number of nitrogens with zero attached hydrogens (tertiary/aromatic N) is 1. The zero-order chi connectivity index (χ0) is 11.1. The third-order valence-corrected chi connectivity index (χ3v) is 4.02. The smallest absolute Gasteiger partial charge is 0.127 e. The molecule has 0 atom stereocenters. The minimum absolute atomic E-state index is 0.0292. The maximum Gasteiger partial charge on any atom is 0.127 e. The first-order chi connectivity index (χ1) is 7.76. The van der Waals surface area contributed by atoms with E-state index in [1.54, 1.807) is 7.11 Å². The number of methoxy groups -OCH3 is 1. The van der Waals surface area contributed by atoms with E-state index < -0.39 is 0 Å². The first-order valence-corrected chi connectivity index (χ1v) is 6.19. The fourth-order valence-electron chi connectivity index (χ4n) is 2.87. The normalized spacial score (nSPS) is 31.3. The standard InChI is InChI=1S/C12H21NO3/c1-14-8-11(2-3-11)6-13-4-5-16-12(7-13)9-15-10-12/h2-10H2,1H3. The summed E-state index contributed by atoms with van der Waals surface area (Å²) in [4.78, 5) is 2.54. The maximum atomic E-state index is 5.83. The van der Waals surface area contributed by atoms with Crippen LogP contribution in [0, 0.1) is 5.41 Å². The van der Waals surface area contributed by atoms with Crippen LogP contribution in [0.15, 0.2) is 0 Å². The van der Waals surface area contributed by atoms with Crippen LogP contribution in [-0.2, 0) is 14.2 Å². The molecule has 2 saturated heterocycles. The minimum atomic E-state index is 0.0292. The molecule has 3 aliphatic rings. The predicted molar refractivity (Wildman–Crippen MR) is 59.5 cm³/mol. The lowest BCUT2D eigenvalue weighted by Crippen LogP contribution is -2.63. The molecule has 1 saturated carbocycles. The van der Waals surface area contributed by atoms with E-state index in [2.05, 4.69) is 4.90 Å². The molecule has 0 aromatic carbocycles. The molecule has 0 bridgehead atoms. The molecule has 1 spiro atoms. The molecule has 0 unspecified atom stereocenters. The maximum absolute atomic E-state index is 5.83. The lowest BCUT2D eigenvalue weighted by atomic mass is 9.98. The van der Waals surface area contributed by atoms with Gasteiger partial charge in [0, 0.05) is 32.2 Å². The molecule has 0 radical (unpaired) electrons. The Morgan fingerprint density at radius 1 is 1.31 bits per heavy atom. The van der Waals surface area contributed by atoms with E-state index in [-0.39, 0.29) is 5.60 Å². The molecule has 0 aromatic heterocycles. The number of hydrogen-bond donors (Lipinski definition) is 0. The highest BCUT2D eigenvalue weighted by molar-refractivity contribution is 4.99. The topological polar surface area (TPSA) is 30.9 Å². The van der Waals surface area contributed by atoms with Gasteiger partial charge in [-0.1, -0.05) is 0 Å². The zero-order valence-corrected chi connectivity index (χ0v) is 10.0. The Labute approximate surface area is 96.8 Å². The molecule has 4 heteroatoms. The van der Waals surface area contributed by atoms with E-state index in [4.69, 9.17) is 14.2 Å². The predicted octanol–water partition coefficient (Wildman–Crippen LogP) is 0.514. The molecule has 92 valence electrons. The van der Waals surface area contributed by atoms with Crippen LogP contribution >= 0.6 is 0 Å². The van der Waals surface area contributed by atoms with Crippen LogP contribution in [0.2, 0.25) is 0 Å². The van der Waals surface area contributed by atoms with Gasteiger partial charge in [0.1, 0.15) is 5.60 Å². The van der Waals surface area contributed by atoms with Crippen LogP contribution in [0.4, 0.5) is 0 Å². The summed E-state index contributed by atoms with van der Waals surface area (Å²) in [6.45, 7) is 6.60.